The number of carbonyl (C=O) groups excluding carboxylic acids is 2. The van der Waals surface area contributed by atoms with Crippen molar-refractivity contribution in [2.45, 2.75) is 24.9 Å². The van der Waals surface area contributed by atoms with Crippen molar-refractivity contribution in [1.82, 2.24) is 25.6 Å². The molecule has 0 aliphatic rings. The van der Waals surface area contributed by atoms with Crippen LogP contribution in [-0.4, -0.2) is 56.5 Å². The van der Waals surface area contributed by atoms with Crippen LogP contribution in [0, 0.1) is 0 Å². The summed E-state index contributed by atoms with van der Waals surface area (Å²) in [5.74, 6) is -2.29. The maximum atomic E-state index is 12.5. The molecule has 3 aromatic rings. The fraction of sp³-hybridized carbons (Fsp3) is 0.263. The number of nitrogens with two attached hydrogens (primary N) is 1. The molecule has 0 bridgehead atoms. The van der Waals surface area contributed by atoms with Crippen LogP contribution in [0.3, 0.4) is 0 Å². The van der Waals surface area contributed by atoms with E-state index in [2.05, 4.69) is 25.6 Å². The summed E-state index contributed by atoms with van der Waals surface area (Å²) < 4.78 is 0. The number of hydrogen-bond donors (Lipinski definition) is 6. The molecule has 0 spiro atoms. The van der Waals surface area contributed by atoms with Gasteiger partial charge in [-0.05, 0) is 11.6 Å². The maximum Gasteiger partial charge on any atom is 0.322 e. The van der Waals surface area contributed by atoms with E-state index in [9.17, 15) is 14.4 Å². The molecule has 0 saturated carbocycles. The molecular weight excluding hydrogens is 376 g/mol. The van der Waals surface area contributed by atoms with Crippen molar-refractivity contribution in [3.63, 3.8) is 0 Å². The molecule has 2 amide bonds. The molecule has 7 N–H and O–H groups in total. The number of aromatic nitrogens is 3. The monoisotopic (exact) mass is 398 g/mol. The number of H-pyrrole nitrogens is 2. The van der Waals surface area contributed by atoms with E-state index in [0.717, 1.165) is 16.5 Å². The third-order valence-electron chi connectivity index (χ3n) is 4.48. The minimum absolute atomic E-state index is 0.179. The van der Waals surface area contributed by atoms with Gasteiger partial charge in [-0.1, -0.05) is 18.2 Å². The molecule has 152 valence electrons. The standard InChI is InChI=1S/C19H22N6O4/c20-14(6-12-8-21-10-24-12)18(28)25-16(19(29)23-9-17(26)27)5-11-7-22-15-4-2-1-3-13(11)15/h1-4,7-8,10,14,16,22H,5-6,9,20H2,(H,21,24)(H,23,29)(H,25,28)(H,26,27). The Labute approximate surface area is 165 Å². The van der Waals surface area contributed by atoms with Gasteiger partial charge in [0.05, 0.1) is 12.4 Å². The zero-order chi connectivity index (χ0) is 20.8. The number of rotatable bonds is 9. The van der Waals surface area contributed by atoms with Crippen LogP contribution >= 0.6 is 0 Å². The topological polar surface area (TPSA) is 166 Å². The maximum absolute atomic E-state index is 12.5. The van der Waals surface area contributed by atoms with Gasteiger partial charge in [0.1, 0.15) is 12.6 Å². The Morgan fingerprint density at radius 1 is 1.14 bits per heavy atom. The number of aliphatic carboxylic acids is 1. The Hall–Kier alpha value is -3.66. The second-order valence-corrected chi connectivity index (χ2v) is 6.62. The van der Waals surface area contributed by atoms with E-state index in [1.807, 2.05) is 24.3 Å². The third kappa shape index (κ3) is 5.20. The molecule has 2 unspecified atom stereocenters. The number of carboxylic acid groups (broad SMARTS) is 1. The van der Waals surface area contributed by atoms with E-state index < -0.39 is 36.4 Å². The largest absolute Gasteiger partial charge is 0.480 e. The summed E-state index contributed by atoms with van der Waals surface area (Å²) in [4.78, 5) is 45.7. The lowest BCUT2D eigenvalue weighted by molar-refractivity contribution is -0.138. The van der Waals surface area contributed by atoms with Crippen LogP contribution in [0.4, 0.5) is 0 Å². The van der Waals surface area contributed by atoms with Crippen LogP contribution in [0.1, 0.15) is 11.3 Å². The number of fused-ring (bicyclic) bond motifs is 1. The normalized spacial score (nSPS) is 13.0. The van der Waals surface area contributed by atoms with E-state index in [4.69, 9.17) is 10.8 Å². The number of benzene rings is 1. The first kappa shape index (κ1) is 20.1. The summed E-state index contributed by atoms with van der Waals surface area (Å²) in [6.07, 6.45) is 5.22. The van der Waals surface area contributed by atoms with Gasteiger partial charge in [-0.15, -0.1) is 0 Å². The number of amides is 2. The molecule has 1 aromatic carbocycles. The van der Waals surface area contributed by atoms with Gasteiger partial charge in [0.25, 0.3) is 0 Å². The molecule has 0 radical (unpaired) electrons. The lowest BCUT2D eigenvalue weighted by Crippen LogP contribution is -2.53. The number of imidazole rings is 1. The SMILES string of the molecule is NC(Cc1cnc[nH]1)C(=O)NC(Cc1c[nH]c2ccccc12)C(=O)NCC(=O)O. The first-order chi connectivity index (χ1) is 13.9. The van der Waals surface area contributed by atoms with Crippen molar-refractivity contribution < 1.29 is 19.5 Å². The van der Waals surface area contributed by atoms with E-state index in [1.54, 1.807) is 12.4 Å². The molecule has 2 aromatic heterocycles. The van der Waals surface area contributed by atoms with Crippen LogP contribution in [-0.2, 0) is 27.2 Å². The zero-order valence-corrected chi connectivity index (χ0v) is 15.5. The van der Waals surface area contributed by atoms with Gasteiger partial charge in [0, 0.05) is 41.8 Å². The molecule has 10 heteroatoms. The number of nitrogens with one attached hydrogen (secondary N) is 4. The minimum atomic E-state index is -1.17. The zero-order valence-electron chi connectivity index (χ0n) is 15.5. The summed E-state index contributed by atoms with van der Waals surface area (Å²) in [7, 11) is 0. The minimum Gasteiger partial charge on any atom is -0.480 e. The molecule has 2 heterocycles. The smallest absolute Gasteiger partial charge is 0.322 e. The van der Waals surface area contributed by atoms with Gasteiger partial charge in [-0.25, -0.2) is 4.98 Å². The van der Waals surface area contributed by atoms with E-state index in [0.29, 0.717) is 5.69 Å². The summed E-state index contributed by atoms with van der Waals surface area (Å²) in [6, 6.07) is 5.69. The van der Waals surface area contributed by atoms with Gasteiger partial charge < -0.3 is 31.4 Å². The number of hydrogen-bond acceptors (Lipinski definition) is 5. The van der Waals surface area contributed by atoms with Gasteiger partial charge in [0.15, 0.2) is 0 Å². The van der Waals surface area contributed by atoms with Crippen molar-refractivity contribution in [3.8, 4) is 0 Å². The molecule has 0 aliphatic heterocycles. The average Bonchev–Trinajstić information content (AvgIpc) is 3.35. The van der Waals surface area contributed by atoms with Crippen molar-refractivity contribution >= 4 is 28.7 Å². The number of aromatic amines is 2. The van der Waals surface area contributed by atoms with Crippen LogP contribution in [0.2, 0.25) is 0 Å². The molecule has 0 aliphatic carbocycles. The second kappa shape index (κ2) is 9.02. The van der Waals surface area contributed by atoms with Crippen LogP contribution in [0.15, 0.2) is 43.0 Å². The first-order valence-corrected chi connectivity index (χ1v) is 9.01. The number of para-hydroxylation sites is 1. The lowest BCUT2D eigenvalue weighted by Gasteiger charge is -2.20. The molecule has 29 heavy (non-hydrogen) atoms. The molecule has 10 nitrogen and oxygen atoms in total. The van der Waals surface area contributed by atoms with Crippen LogP contribution in [0.25, 0.3) is 10.9 Å². The Kier molecular flexibility index (Phi) is 6.25. The predicted octanol–water partition coefficient (Wildman–Crippen LogP) is -0.311. The van der Waals surface area contributed by atoms with Gasteiger partial charge in [-0.3, -0.25) is 14.4 Å². The Morgan fingerprint density at radius 3 is 2.66 bits per heavy atom. The van der Waals surface area contributed by atoms with E-state index in [1.165, 1.54) is 6.33 Å². The summed E-state index contributed by atoms with van der Waals surface area (Å²) in [6.45, 7) is -0.542. The predicted molar refractivity (Wildman–Crippen MR) is 105 cm³/mol. The molecule has 2 atom stereocenters. The van der Waals surface area contributed by atoms with Crippen molar-refractivity contribution in [3.05, 3.63) is 54.2 Å². The van der Waals surface area contributed by atoms with Crippen molar-refractivity contribution in [1.29, 1.82) is 0 Å². The fourth-order valence-corrected chi connectivity index (χ4v) is 3.02. The number of carbonyl (C=O) groups is 3. The second-order valence-electron chi connectivity index (χ2n) is 6.62. The molecule has 0 saturated heterocycles. The van der Waals surface area contributed by atoms with Crippen molar-refractivity contribution in [2.75, 3.05) is 6.54 Å². The summed E-state index contributed by atoms with van der Waals surface area (Å²) in [5.41, 5.74) is 8.36. The Morgan fingerprint density at radius 2 is 1.93 bits per heavy atom. The van der Waals surface area contributed by atoms with Crippen LogP contribution in [0.5, 0.6) is 0 Å². The van der Waals surface area contributed by atoms with Crippen LogP contribution < -0.4 is 16.4 Å². The summed E-state index contributed by atoms with van der Waals surface area (Å²) in [5, 5.41) is 14.7. The van der Waals surface area contributed by atoms with Gasteiger partial charge in [0.2, 0.25) is 11.8 Å². The average molecular weight is 398 g/mol. The quantitative estimate of drug-likeness (QED) is 0.289. The number of nitrogens with zero attached hydrogens (tertiary/aromatic N) is 1. The molecular formula is C19H22N6O4. The fourth-order valence-electron chi connectivity index (χ4n) is 3.02. The Balaban J connectivity index is 1.74. The van der Waals surface area contributed by atoms with Crippen molar-refractivity contribution in [2.24, 2.45) is 5.73 Å². The highest BCUT2D eigenvalue weighted by molar-refractivity contribution is 5.92. The third-order valence-corrected chi connectivity index (χ3v) is 4.48. The molecule has 0 fully saturated rings. The molecule has 3 rings (SSSR count). The first-order valence-electron chi connectivity index (χ1n) is 9.01. The Bertz CT molecular complexity index is 997. The van der Waals surface area contributed by atoms with E-state index >= 15 is 0 Å². The van der Waals surface area contributed by atoms with Gasteiger partial charge in [-0.2, -0.15) is 0 Å². The highest BCUT2D eigenvalue weighted by Gasteiger charge is 2.25. The highest BCUT2D eigenvalue weighted by Crippen LogP contribution is 2.19. The van der Waals surface area contributed by atoms with E-state index in [-0.39, 0.29) is 12.8 Å². The van der Waals surface area contributed by atoms with Gasteiger partial charge >= 0.3 is 5.97 Å². The lowest BCUT2D eigenvalue weighted by atomic mass is 10.0. The summed E-state index contributed by atoms with van der Waals surface area (Å²) >= 11 is 0. The number of carboxylic acids is 1. The highest BCUT2D eigenvalue weighted by atomic mass is 16.4.